The SMILES string of the molecule is COCCNC(=O)c1ccncc1C#CCN. The Morgan fingerprint density at radius 1 is 1.65 bits per heavy atom. The van der Waals surface area contributed by atoms with E-state index in [9.17, 15) is 4.79 Å². The van der Waals surface area contributed by atoms with Crippen LogP contribution < -0.4 is 11.1 Å². The molecule has 0 aromatic carbocycles. The van der Waals surface area contributed by atoms with Crippen LogP contribution in [0.4, 0.5) is 0 Å². The van der Waals surface area contributed by atoms with Crippen LogP contribution in [0.5, 0.6) is 0 Å². The molecule has 5 heteroatoms. The fraction of sp³-hybridized carbons (Fsp3) is 0.333. The number of carbonyl (C=O) groups is 1. The molecule has 0 radical (unpaired) electrons. The Hall–Kier alpha value is -1.90. The van der Waals surface area contributed by atoms with Gasteiger partial charge in [0.25, 0.3) is 5.91 Å². The van der Waals surface area contributed by atoms with Crippen LogP contribution in [0.1, 0.15) is 15.9 Å². The van der Waals surface area contributed by atoms with E-state index in [1.165, 1.54) is 0 Å². The van der Waals surface area contributed by atoms with E-state index in [1.54, 1.807) is 25.6 Å². The van der Waals surface area contributed by atoms with Gasteiger partial charge in [0.05, 0.1) is 24.3 Å². The summed E-state index contributed by atoms with van der Waals surface area (Å²) in [6, 6.07) is 1.63. The van der Waals surface area contributed by atoms with Gasteiger partial charge in [-0.25, -0.2) is 0 Å². The molecule has 0 saturated carbocycles. The van der Waals surface area contributed by atoms with Gasteiger partial charge in [-0.05, 0) is 6.07 Å². The van der Waals surface area contributed by atoms with E-state index in [4.69, 9.17) is 10.5 Å². The standard InChI is InChI=1S/C12H15N3O2/c1-17-8-7-15-12(16)11-4-6-14-9-10(11)3-2-5-13/h4,6,9H,5,7-8,13H2,1H3,(H,15,16). The average molecular weight is 233 g/mol. The fourth-order valence-electron chi connectivity index (χ4n) is 1.20. The van der Waals surface area contributed by atoms with Gasteiger partial charge in [0.15, 0.2) is 0 Å². The summed E-state index contributed by atoms with van der Waals surface area (Å²) in [5.74, 6) is 5.33. The highest BCUT2D eigenvalue weighted by molar-refractivity contribution is 5.96. The van der Waals surface area contributed by atoms with Crippen LogP contribution in [0.25, 0.3) is 0 Å². The maximum absolute atomic E-state index is 11.8. The largest absolute Gasteiger partial charge is 0.383 e. The first kappa shape index (κ1) is 13.2. The number of amides is 1. The Kier molecular flexibility index (Phi) is 5.72. The molecule has 0 saturated heterocycles. The predicted molar refractivity (Wildman–Crippen MR) is 64.4 cm³/mol. The number of nitrogens with two attached hydrogens (primary N) is 1. The number of aromatic nitrogens is 1. The molecule has 90 valence electrons. The molecule has 0 atom stereocenters. The summed E-state index contributed by atoms with van der Waals surface area (Å²) in [5, 5.41) is 2.73. The van der Waals surface area contributed by atoms with E-state index in [0.29, 0.717) is 24.3 Å². The van der Waals surface area contributed by atoms with Crippen LogP contribution in [0.3, 0.4) is 0 Å². The lowest BCUT2D eigenvalue weighted by Crippen LogP contribution is -2.27. The molecule has 0 bridgehead atoms. The first-order chi connectivity index (χ1) is 8.29. The van der Waals surface area contributed by atoms with Crippen molar-refractivity contribution in [3.63, 3.8) is 0 Å². The van der Waals surface area contributed by atoms with Crippen LogP contribution in [0.2, 0.25) is 0 Å². The minimum atomic E-state index is -0.189. The van der Waals surface area contributed by atoms with Gasteiger partial charge in [-0.1, -0.05) is 11.8 Å². The summed E-state index contributed by atoms with van der Waals surface area (Å²) in [6.07, 6.45) is 3.10. The Balaban J connectivity index is 2.78. The molecule has 5 nitrogen and oxygen atoms in total. The minimum Gasteiger partial charge on any atom is -0.383 e. The van der Waals surface area contributed by atoms with E-state index in [2.05, 4.69) is 22.1 Å². The van der Waals surface area contributed by atoms with Crippen molar-refractivity contribution in [2.45, 2.75) is 0 Å². The van der Waals surface area contributed by atoms with Crippen molar-refractivity contribution in [2.75, 3.05) is 26.8 Å². The highest BCUT2D eigenvalue weighted by atomic mass is 16.5. The van der Waals surface area contributed by atoms with Gasteiger partial charge in [-0.15, -0.1) is 0 Å². The summed E-state index contributed by atoms with van der Waals surface area (Å²) in [6.45, 7) is 1.18. The zero-order valence-corrected chi connectivity index (χ0v) is 9.69. The molecule has 0 unspecified atom stereocenters. The third-order valence-corrected chi connectivity index (χ3v) is 1.98. The third kappa shape index (κ3) is 4.23. The maximum Gasteiger partial charge on any atom is 0.252 e. The Morgan fingerprint density at radius 2 is 2.47 bits per heavy atom. The average Bonchev–Trinajstić information content (AvgIpc) is 2.37. The second-order valence-electron chi connectivity index (χ2n) is 3.18. The van der Waals surface area contributed by atoms with Gasteiger partial charge in [-0.3, -0.25) is 9.78 Å². The van der Waals surface area contributed by atoms with Crippen molar-refractivity contribution < 1.29 is 9.53 Å². The predicted octanol–water partition coefficient (Wildman–Crippen LogP) is -0.232. The number of methoxy groups -OCH3 is 1. The lowest BCUT2D eigenvalue weighted by molar-refractivity contribution is 0.0937. The minimum absolute atomic E-state index is 0.189. The van der Waals surface area contributed by atoms with Crippen LogP contribution >= 0.6 is 0 Å². The summed E-state index contributed by atoms with van der Waals surface area (Å²) in [5.41, 5.74) is 6.36. The number of nitrogens with one attached hydrogen (secondary N) is 1. The molecule has 0 fully saturated rings. The molecule has 1 aromatic heterocycles. The lowest BCUT2D eigenvalue weighted by atomic mass is 10.1. The first-order valence-electron chi connectivity index (χ1n) is 5.19. The van der Waals surface area contributed by atoms with Crippen LogP contribution in [0, 0.1) is 11.8 Å². The molecule has 0 aliphatic heterocycles. The molecule has 17 heavy (non-hydrogen) atoms. The number of ether oxygens (including phenoxy) is 1. The van der Waals surface area contributed by atoms with Crippen molar-refractivity contribution in [1.29, 1.82) is 0 Å². The Labute approximate surface area is 100 Å². The maximum atomic E-state index is 11.8. The molecular formula is C12H15N3O2. The smallest absolute Gasteiger partial charge is 0.252 e. The molecule has 0 spiro atoms. The molecule has 1 amide bonds. The number of nitrogens with zero attached hydrogens (tertiary/aromatic N) is 1. The Morgan fingerprint density at radius 3 is 3.18 bits per heavy atom. The monoisotopic (exact) mass is 233 g/mol. The van der Waals surface area contributed by atoms with Gasteiger partial charge >= 0.3 is 0 Å². The fourth-order valence-corrected chi connectivity index (χ4v) is 1.20. The zero-order chi connectivity index (χ0) is 12.5. The van der Waals surface area contributed by atoms with Gasteiger partial charge < -0.3 is 15.8 Å². The third-order valence-electron chi connectivity index (χ3n) is 1.98. The van der Waals surface area contributed by atoms with Crippen molar-refractivity contribution >= 4 is 5.91 Å². The molecule has 0 aliphatic rings. The van der Waals surface area contributed by atoms with Crippen LogP contribution in [0.15, 0.2) is 18.5 Å². The summed E-state index contributed by atoms with van der Waals surface area (Å²) in [4.78, 5) is 15.7. The molecule has 0 aliphatic carbocycles. The second-order valence-corrected chi connectivity index (χ2v) is 3.18. The number of pyridine rings is 1. The van der Waals surface area contributed by atoms with Crippen molar-refractivity contribution in [2.24, 2.45) is 5.73 Å². The summed E-state index contributed by atoms with van der Waals surface area (Å²) >= 11 is 0. The van der Waals surface area contributed by atoms with E-state index in [-0.39, 0.29) is 12.5 Å². The van der Waals surface area contributed by atoms with Gasteiger partial charge in [0.1, 0.15) is 0 Å². The summed E-state index contributed by atoms with van der Waals surface area (Å²) in [7, 11) is 1.58. The first-order valence-corrected chi connectivity index (χ1v) is 5.19. The van der Waals surface area contributed by atoms with E-state index in [0.717, 1.165) is 0 Å². The lowest BCUT2D eigenvalue weighted by Gasteiger charge is -2.05. The second kappa shape index (κ2) is 7.39. The normalized spacial score (nSPS) is 9.29. The molecule has 1 rings (SSSR count). The molecular weight excluding hydrogens is 218 g/mol. The number of rotatable bonds is 4. The van der Waals surface area contributed by atoms with E-state index < -0.39 is 0 Å². The van der Waals surface area contributed by atoms with Gasteiger partial charge in [0.2, 0.25) is 0 Å². The van der Waals surface area contributed by atoms with Crippen LogP contribution in [-0.4, -0.2) is 37.7 Å². The molecule has 1 heterocycles. The number of hydrogen-bond acceptors (Lipinski definition) is 4. The van der Waals surface area contributed by atoms with Crippen molar-refractivity contribution in [1.82, 2.24) is 10.3 Å². The summed E-state index contributed by atoms with van der Waals surface area (Å²) < 4.78 is 4.85. The van der Waals surface area contributed by atoms with Gasteiger partial charge in [0, 0.05) is 26.0 Å². The molecule has 1 aromatic rings. The van der Waals surface area contributed by atoms with Gasteiger partial charge in [-0.2, -0.15) is 0 Å². The quantitative estimate of drug-likeness (QED) is 0.556. The number of carbonyl (C=O) groups excluding carboxylic acids is 1. The van der Waals surface area contributed by atoms with Crippen LogP contribution in [-0.2, 0) is 4.74 Å². The van der Waals surface area contributed by atoms with E-state index >= 15 is 0 Å². The van der Waals surface area contributed by atoms with E-state index in [1.807, 2.05) is 0 Å². The van der Waals surface area contributed by atoms with Crippen molar-refractivity contribution in [3.8, 4) is 11.8 Å². The highest BCUT2D eigenvalue weighted by Crippen LogP contribution is 2.04. The van der Waals surface area contributed by atoms with Crippen molar-refractivity contribution in [3.05, 3.63) is 29.6 Å². The topological polar surface area (TPSA) is 77.2 Å². The highest BCUT2D eigenvalue weighted by Gasteiger charge is 2.08. The molecule has 3 N–H and O–H groups in total. The number of hydrogen-bond donors (Lipinski definition) is 2. The zero-order valence-electron chi connectivity index (χ0n) is 9.69. The Bertz CT molecular complexity index is 435.